The third kappa shape index (κ3) is 24.0. The zero-order chi connectivity index (χ0) is 37.0. The molecule has 51 heavy (non-hydrogen) atoms. The summed E-state index contributed by atoms with van der Waals surface area (Å²) in [5.41, 5.74) is 2.93. The molecule has 0 atom stereocenters. The number of hydrogen-bond donors (Lipinski definition) is 2. The minimum atomic E-state index is -0.0879. The van der Waals surface area contributed by atoms with E-state index in [4.69, 9.17) is 9.47 Å². The van der Waals surface area contributed by atoms with E-state index in [1.54, 1.807) is 13.8 Å². The molecule has 0 aliphatic rings. The van der Waals surface area contributed by atoms with Crippen LogP contribution in [0.4, 0.5) is 0 Å². The second-order valence-corrected chi connectivity index (χ2v) is 13.5. The topological polar surface area (TPSA) is 93.1 Å². The molecule has 0 aliphatic carbocycles. The molecule has 0 aromatic heterocycles. The standard InChI is InChI=1S/2C22H34O3.Cu/c2*1-4-5-6-7-8-9-10-11-16-25-21-14-12-20(13-15-21)17-22(18(2)23)19(3)24;/h2*12-15,23H,4-11,16-17H2,1-3H3;/b2*22-18-;. The molecule has 291 valence electrons. The van der Waals surface area contributed by atoms with Crippen LogP contribution in [0.3, 0.4) is 0 Å². The Kier molecular flexibility index (Phi) is 28.8. The summed E-state index contributed by atoms with van der Waals surface area (Å²) in [6.45, 7) is 12.1. The Morgan fingerprint density at radius 1 is 0.471 bits per heavy atom. The molecule has 2 aromatic carbocycles. The van der Waals surface area contributed by atoms with Gasteiger partial charge in [0.1, 0.15) is 11.5 Å². The molecule has 2 rings (SSSR count). The van der Waals surface area contributed by atoms with Gasteiger partial charge in [-0.15, -0.1) is 0 Å². The number of aliphatic hydroxyl groups is 2. The van der Waals surface area contributed by atoms with Crippen molar-refractivity contribution in [2.24, 2.45) is 0 Å². The van der Waals surface area contributed by atoms with Crippen LogP contribution in [0.5, 0.6) is 11.5 Å². The summed E-state index contributed by atoms with van der Waals surface area (Å²) in [5.74, 6) is 1.75. The van der Waals surface area contributed by atoms with Crippen molar-refractivity contribution in [1.29, 1.82) is 0 Å². The Labute approximate surface area is 321 Å². The molecule has 7 heteroatoms. The minimum Gasteiger partial charge on any atom is -0.512 e. The molecule has 0 saturated carbocycles. The molecule has 0 aliphatic heterocycles. The first-order chi connectivity index (χ1) is 24.1. The number of ketones is 2. The van der Waals surface area contributed by atoms with Crippen LogP contribution in [0.25, 0.3) is 0 Å². The maximum atomic E-state index is 11.5. The van der Waals surface area contributed by atoms with Crippen molar-refractivity contribution in [2.75, 3.05) is 13.2 Å². The van der Waals surface area contributed by atoms with E-state index in [-0.39, 0.29) is 40.2 Å². The minimum absolute atomic E-state index is 0. The van der Waals surface area contributed by atoms with Gasteiger partial charge in [0.25, 0.3) is 0 Å². The molecule has 6 nitrogen and oxygen atoms in total. The van der Waals surface area contributed by atoms with Crippen molar-refractivity contribution < 1.29 is 46.3 Å². The van der Waals surface area contributed by atoms with Crippen LogP contribution < -0.4 is 9.47 Å². The number of benzene rings is 2. The van der Waals surface area contributed by atoms with E-state index >= 15 is 0 Å². The fourth-order valence-electron chi connectivity index (χ4n) is 5.68. The van der Waals surface area contributed by atoms with Crippen molar-refractivity contribution in [2.45, 2.75) is 157 Å². The molecule has 0 fully saturated rings. The van der Waals surface area contributed by atoms with E-state index in [9.17, 15) is 19.8 Å². The Hall–Kier alpha value is -3.02. The smallest absolute Gasteiger partial charge is 0.159 e. The van der Waals surface area contributed by atoms with Gasteiger partial charge >= 0.3 is 0 Å². The van der Waals surface area contributed by atoms with Gasteiger partial charge in [-0.2, -0.15) is 0 Å². The Morgan fingerprint density at radius 3 is 1.00 bits per heavy atom. The summed E-state index contributed by atoms with van der Waals surface area (Å²) in [5, 5.41) is 19.2. The average molecular weight is 757 g/mol. The molecule has 0 spiro atoms. The second kappa shape index (κ2) is 30.6. The number of hydrogen-bond acceptors (Lipinski definition) is 6. The van der Waals surface area contributed by atoms with E-state index in [0.717, 1.165) is 48.7 Å². The monoisotopic (exact) mass is 755 g/mol. The van der Waals surface area contributed by atoms with Gasteiger partial charge in [0, 0.05) is 41.1 Å². The molecule has 0 heterocycles. The van der Waals surface area contributed by atoms with E-state index in [1.165, 1.54) is 104 Å². The maximum Gasteiger partial charge on any atom is 0.159 e. The molecular formula is C44H68CuO6. The van der Waals surface area contributed by atoms with Crippen LogP contribution in [-0.2, 0) is 39.5 Å². The van der Waals surface area contributed by atoms with Gasteiger partial charge < -0.3 is 19.7 Å². The van der Waals surface area contributed by atoms with Crippen molar-refractivity contribution in [3.05, 3.63) is 82.3 Å². The van der Waals surface area contributed by atoms with Gasteiger partial charge in [-0.25, -0.2) is 0 Å². The zero-order valence-corrected chi connectivity index (χ0v) is 33.5. The summed E-state index contributed by atoms with van der Waals surface area (Å²) in [6.07, 6.45) is 21.6. The number of Topliss-reactive ketones (excluding diaryl/α,β-unsaturated/α-hetero) is 2. The molecule has 0 amide bonds. The van der Waals surface area contributed by atoms with Gasteiger partial charge in [0.05, 0.1) is 24.7 Å². The summed E-state index contributed by atoms with van der Waals surface area (Å²) in [6, 6.07) is 15.6. The number of unbranched alkanes of at least 4 members (excludes halogenated alkanes) is 14. The van der Waals surface area contributed by atoms with Crippen LogP contribution in [0, 0.1) is 0 Å². The third-order valence-electron chi connectivity index (χ3n) is 8.87. The van der Waals surface area contributed by atoms with Gasteiger partial charge in [0.2, 0.25) is 0 Å². The number of allylic oxidation sites excluding steroid dienone is 4. The van der Waals surface area contributed by atoms with Crippen molar-refractivity contribution in [3.63, 3.8) is 0 Å². The second-order valence-electron chi connectivity index (χ2n) is 13.5. The van der Waals surface area contributed by atoms with Gasteiger partial charge in [-0.05, 0) is 75.9 Å². The summed E-state index contributed by atoms with van der Waals surface area (Å²) in [7, 11) is 0. The van der Waals surface area contributed by atoms with Gasteiger partial charge in [0.15, 0.2) is 11.6 Å². The Balaban J connectivity index is 0.000000962. The van der Waals surface area contributed by atoms with Crippen LogP contribution in [0.1, 0.15) is 155 Å². The molecule has 0 unspecified atom stereocenters. The fourth-order valence-corrected chi connectivity index (χ4v) is 5.68. The number of carbonyl (C=O) groups is 2. The Bertz CT molecular complexity index is 1160. The van der Waals surface area contributed by atoms with Gasteiger partial charge in [-0.3, -0.25) is 9.59 Å². The molecule has 2 N–H and O–H groups in total. The first-order valence-electron chi connectivity index (χ1n) is 19.3. The largest absolute Gasteiger partial charge is 0.512 e. The van der Waals surface area contributed by atoms with Gasteiger partial charge in [-0.1, -0.05) is 128 Å². The van der Waals surface area contributed by atoms with Crippen molar-refractivity contribution >= 4 is 11.6 Å². The van der Waals surface area contributed by atoms with E-state index in [0.29, 0.717) is 24.0 Å². The van der Waals surface area contributed by atoms with Crippen molar-refractivity contribution in [1.82, 2.24) is 0 Å². The zero-order valence-electron chi connectivity index (χ0n) is 32.6. The predicted molar refractivity (Wildman–Crippen MR) is 209 cm³/mol. The van der Waals surface area contributed by atoms with E-state index < -0.39 is 0 Å². The predicted octanol–water partition coefficient (Wildman–Crippen LogP) is 12.3. The van der Waals surface area contributed by atoms with E-state index in [1.807, 2.05) is 48.5 Å². The normalized spacial score (nSPS) is 11.7. The summed E-state index contributed by atoms with van der Waals surface area (Å²) >= 11 is 0. The first-order valence-corrected chi connectivity index (χ1v) is 19.3. The van der Waals surface area contributed by atoms with Crippen LogP contribution in [0.2, 0.25) is 0 Å². The molecule has 0 bridgehead atoms. The first kappa shape index (κ1) is 48.0. The van der Waals surface area contributed by atoms with E-state index in [2.05, 4.69) is 13.8 Å². The maximum absolute atomic E-state index is 11.5. The number of ether oxygens (including phenoxy) is 2. The summed E-state index contributed by atoms with van der Waals surface area (Å²) in [4.78, 5) is 23.0. The Morgan fingerprint density at radius 2 is 0.745 bits per heavy atom. The van der Waals surface area contributed by atoms with Crippen LogP contribution in [-0.4, -0.2) is 35.0 Å². The molecule has 0 saturated heterocycles. The van der Waals surface area contributed by atoms with Crippen molar-refractivity contribution in [3.8, 4) is 11.5 Å². The molecular weight excluding hydrogens is 688 g/mol. The number of aliphatic hydroxyl groups excluding tert-OH is 2. The van der Waals surface area contributed by atoms with Crippen LogP contribution in [0.15, 0.2) is 71.2 Å². The molecule has 2 aromatic rings. The average Bonchev–Trinajstić information content (AvgIpc) is 3.09. The quantitative estimate of drug-likeness (QED) is 0.0430. The third-order valence-corrected chi connectivity index (χ3v) is 8.87. The molecule has 1 radical (unpaired) electrons. The fraction of sp³-hybridized carbons (Fsp3) is 0.591. The number of rotatable bonds is 26. The summed E-state index contributed by atoms with van der Waals surface area (Å²) < 4.78 is 11.6. The SMILES string of the molecule is CCCCCCCCCCOc1ccc(C/C(C(C)=O)=C(\C)O)cc1.CCCCCCCCCCOc1ccc(C/C(C(C)=O)=C(\C)O)cc1.[Cu]. The number of carbonyl (C=O) groups excluding carboxylic acids is 2. The van der Waals surface area contributed by atoms with Crippen LogP contribution >= 0.6 is 0 Å².